The van der Waals surface area contributed by atoms with Crippen LogP contribution in [0.4, 0.5) is 4.39 Å². The first kappa shape index (κ1) is 13.8. The summed E-state index contributed by atoms with van der Waals surface area (Å²) in [5, 5.41) is 0. The molecule has 0 aliphatic carbocycles. The molecule has 0 saturated carbocycles. The standard InChI is InChI=1S/C9H16FN.CH4/c1-7(2)8(3)6-9(10)11(4)5;/h6-7H,3H2,1-2,4-5H3;1H4/b9-6-;. The van der Waals surface area contributed by atoms with E-state index >= 15 is 0 Å². The fraction of sp³-hybridized carbons (Fsp3) is 0.600. The summed E-state index contributed by atoms with van der Waals surface area (Å²) < 4.78 is 12.9. The van der Waals surface area contributed by atoms with Crippen molar-refractivity contribution < 1.29 is 4.39 Å². The fourth-order valence-electron chi connectivity index (χ4n) is 0.449. The van der Waals surface area contributed by atoms with Gasteiger partial charge in [0.15, 0.2) is 5.95 Å². The van der Waals surface area contributed by atoms with Crippen molar-refractivity contribution in [2.24, 2.45) is 5.92 Å². The lowest BCUT2D eigenvalue weighted by Crippen LogP contribution is -2.07. The molecule has 72 valence electrons. The van der Waals surface area contributed by atoms with E-state index in [-0.39, 0.29) is 13.4 Å². The molecular weight excluding hydrogens is 153 g/mol. The topological polar surface area (TPSA) is 3.24 Å². The van der Waals surface area contributed by atoms with Crippen LogP contribution < -0.4 is 0 Å². The second-order valence-electron chi connectivity index (χ2n) is 3.09. The van der Waals surface area contributed by atoms with Gasteiger partial charge in [-0.15, -0.1) is 0 Å². The second-order valence-corrected chi connectivity index (χ2v) is 3.09. The highest BCUT2D eigenvalue weighted by atomic mass is 19.1. The molecule has 0 aromatic heterocycles. The van der Waals surface area contributed by atoms with Gasteiger partial charge in [-0.2, -0.15) is 4.39 Å². The first-order valence-corrected chi connectivity index (χ1v) is 3.68. The van der Waals surface area contributed by atoms with E-state index in [2.05, 4.69) is 6.58 Å². The first-order valence-electron chi connectivity index (χ1n) is 3.68. The summed E-state index contributed by atoms with van der Waals surface area (Å²) in [7, 11) is 3.33. The van der Waals surface area contributed by atoms with Crippen LogP contribution in [0.1, 0.15) is 21.3 Å². The van der Waals surface area contributed by atoms with Gasteiger partial charge in [-0.1, -0.05) is 27.9 Å². The molecule has 1 nitrogen and oxygen atoms in total. The lowest BCUT2D eigenvalue weighted by atomic mass is 10.1. The van der Waals surface area contributed by atoms with Crippen molar-refractivity contribution in [3.05, 3.63) is 24.2 Å². The molecule has 12 heavy (non-hydrogen) atoms. The van der Waals surface area contributed by atoms with Gasteiger partial charge in [0.25, 0.3) is 0 Å². The maximum absolute atomic E-state index is 12.9. The molecule has 0 rings (SSSR count). The molecule has 0 heterocycles. The molecule has 0 bridgehead atoms. The van der Waals surface area contributed by atoms with Crippen molar-refractivity contribution in [3.8, 4) is 0 Å². The van der Waals surface area contributed by atoms with Crippen LogP contribution in [-0.2, 0) is 0 Å². The van der Waals surface area contributed by atoms with E-state index in [1.165, 1.54) is 11.0 Å². The average molecular weight is 173 g/mol. The van der Waals surface area contributed by atoms with Crippen LogP contribution in [0.3, 0.4) is 0 Å². The minimum absolute atomic E-state index is 0. The van der Waals surface area contributed by atoms with Crippen LogP contribution in [-0.4, -0.2) is 19.0 Å². The number of hydrogen-bond donors (Lipinski definition) is 0. The van der Waals surface area contributed by atoms with E-state index in [1.54, 1.807) is 14.1 Å². The first-order chi connectivity index (χ1) is 4.95. The zero-order chi connectivity index (χ0) is 9.02. The molecule has 0 radical (unpaired) electrons. The number of halogens is 1. The van der Waals surface area contributed by atoms with E-state index < -0.39 is 0 Å². The summed E-state index contributed by atoms with van der Waals surface area (Å²) in [6.45, 7) is 7.71. The van der Waals surface area contributed by atoms with E-state index in [1.807, 2.05) is 13.8 Å². The maximum Gasteiger partial charge on any atom is 0.189 e. The minimum atomic E-state index is -0.247. The van der Waals surface area contributed by atoms with Gasteiger partial charge in [-0.3, -0.25) is 0 Å². The summed E-state index contributed by atoms with van der Waals surface area (Å²) in [5.74, 6) is 0.0596. The van der Waals surface area contributed by atoms with Gasteiger partial charge in [-0.25, -0.2) is 0 Å². The molecular formula is C10H20FN. The second kappa shape index (κ2) is 5.81. The van der Waals surface area contributed by atoms with Gasteiger partial charge in [0.05, 0.1) is 0 Å². The zero-order valence-electron chi connectivity index (χ0n) is 7.69. The molecule has 0 fully saturated rings. The van der Waals surface area contributed by atoms with Crippen LogP contribution in [0.25, 0.3) is 0 Å². The van der Waals surface area contributed by atoms with Crippen molar-refractivity contribution in [1.29, 1.82) is 0 Å². The Morgan fingerprint density at radius 2 is 1.83 bits per heavy atom. The number of rotatable bonds is 3. The van der Waals surface area contributed by atoms with E-state index in [0.29, 0.717) is 5.92 Å². The molecule has 0 aliphatic heterocycles. The van der Waals surface area contributed by atoms with Crippen molar-refractivity contribution in [2.75, 3.05) is 14.1 Å². The molecule has 0 unspecified atom stereocenters. The average Bonchev–Trinajstić information content (AvgIpc) is 1.87. The van der Waals surface area contributed by atoms with Crippen LogP contribution in [0.2, 0.25) is 0 Å². The lowest BCUT2D eigenvalue weighted by Gasteiger charge is -2.10. The van der Waals surface area contributed by atoms with Crippen LogP contribution in [0.5, 0.6) is 0 Å². The smallest absolute Gasteiger partial charge is 0.189 e. The van der Waals surface area contributed by atoms with Gasteiger partial charge in [0, 0.05) is 14.1 Å². The Hall–Kier alpha value is -0.790. The van der Waals surface area contributed by atoms with Crippen LogP contribution in [0, 0.1) is 5.92 Å². The van der Waals surface area contributed by atoms with Gasteiger partial charge in [0.2, 0.25) is 0 Å². The third-order valence-electron chi connectivity index (χ3n) is 1.47. The molecule has 0 aliphatic rings. The lowest BCUT2D eigenvalue weighted by molar-refractivity contribution is 0.373. The highest BCUT2D eigenvalue weighted by molar-refractivity contribution is 5.18. The van der Waals surface area contributed by atoms with Crippen LogP contribution in [0.15, 0.2) is 24.2 Å². The number of allylic oxidation sites excluding steroid dienone is 2. The van der Waals surface area contributed by atoms with Crippen molar-refractivity contribution in [3.63, 3.8) is 0 Å². The highest BCUT2D eigenvalue weighted by Crippen LogP contribution is 2.12. The monoisotopic (exact) mass is 173 g/mol. The molecule has 2 heteroatoms. The summed E-state index contributed by atoms with van der Waals surface area (Å²) in [4.78, 5) is 1.42. The molecule has 0 aromatic rings. The fourth-order valence-corrected chi connectivity index (χ4v) is 0.449. The van der Waals surface area contributed by atoms with Crippen molar-refractivity contribution in [2.45, 2.75) is 21.3 Å². The van der Waals surface area contributed by atoms with Crippen LogP contribution >= 0.6 is 0 Å². The molecule has 0 spiro atoms. The van der Waals surface area contributed by atoms with Gasteiger partial charge >= 0.3 is 0 Å². The Labute approximate surface area is 75.6 Å². The summed E-state index contributed by atoms with van der Waals surface area (Å²) in [6, 6.07) is 0. The van der Waals surface area contributed by atoms with E-state index in [9.17, 15) is 4.39 Å². The van der Waals surface area contributed by atoms with E-state index in [4.69, 9.17) is 0 Å². The quantitative estimate of drug-likeness (QED) is 0.468. The molecule has 0 amide bonds. The van der Waals surface area contributed by atoms with E-state index in [0.717, 1.165) is 5.57 Å². The Kier molecular flexibility index (Phi) is 6.67. The van der Waals surface area contributed by atoms with Crippen molar-refractivity contribution in [1.82, 2.24) is 4.90 Å². The summed E-state index contributed by atoms with van der Waals surface area (Å²) in [5.41, 5.74) is 0.816. The Balaban J connectivity index is 0. The minimum Gasteiger partial charge on any atom is -0.355 e. The Bertz CT molecular complexity index is 169. The largest absolute Gasteiger partial charge is 0.355 e. The summed E-state index contributed by atoms with van der Waals surface area (Å²) >= 11 is 0. The number of hydrogen-bond acceptors (Lipinski definition) is 1. The van der Waals surface area contributed by atoms with Gasteiger partial charge in [-0.05, 0) is 17.6 Å². The Morgan fingerprint density at radius 1 is 1.42 bits per heavy atom. The van der Waals surface area contributed by atoms with Crippen molar-refractivity contribution >= 4 is 0 Å². The number of nitrogens with zero attached hydrogens (tertiary/aromatic N) is 1. The summed E-state index contributed by atoms with van der Waals surface area (Å²) in [6.07, 6.45) is 1.46. The molecule has 0 aromatic carbocycles. The predicted molar refractivity (Wildman–Crippen MR) is 53.6 cm³/mol. The SMILES string of the molecule is C.C=C(/C=C(/F)N(C)C)C(C)C. The third-order valence-corrected chi connectivity index (χ3v) is 1.47. The molecule has 0 N–H and O–H groups in total. The normalized spacial score (nSPS) is 11.0. The molecule has 0 atom stereocenters. The maximum atomic E-state index is 12.9. The molecule has 0 saturated heterocycles. The van der Waals surface area contributed by atoms with Gasteiger partial charge in [0.1, 0.15) is 0 Å². The van der Waals surface area contributed by atoms with Gasteiger partial charge < -0.3 is 4.90 Å². The Morgan fingerprint density at radius 3 is 2.08 bits per heavy atom. The zero-order valence-corrected chi connectivity index (χ0v) is 7.69. The third kappa shape index (κ3) is 4.94. The highest BCUT2D eigenvalue weighted by Gasteiger charge is 2.00. The predicted octanol–water partition coefficient (Wildman–Crippen LogP) is 3.21.